The maximum Gasteiger partial charge on any atom is 0.416 e. The topological polar surface area (TPSA) is 42.7 Å². The van der Waals surface area contributed by atoms with Crippen LogP contribution in [0.4, 0.5) is 18.9 Å². The summed E-state index contributed by atoms with van der Waals surface area (Å²) in [6, 6.07) is 14.3. The standard InChI is InChI=1S/C22H18F3NO3/c23-22(24,25)17-6-3-4-15(10-17)13-29-21-14-28-18(11-20(21)27)12-26-9-8-16-5-1-2-7-19(16)26/h1-7,10-11,14H,8-9,12-13H2. The first kappa shape index (κ1) is 19.1. The number of benzene rings is 2. The van der Waals surface area contributed by atoms with Crippen LogP contribution >= 0.6 is 0 Å². The Morgan fingerprint density at radius 1 is 1.07 bits per heavy atom. The number of hydrogen-bond donors (Lipinski definition) is 0. The molecule has 1 aliphatic heterocycles. The lowest BCUT2D eigenvalue weighted by molar-refractivity contribution is -0.137. The summed E-state index contributed by atoms with van der Waals surface area (Å²) in [6.07, 6.45) is -2.27. The van der Waals surface area contributed by atoms with Gasteiger partial charge in [-0.05, 0) is 35.7 Å². The summed E-state index contributed by atoms with van der Waals surface area (Å²) in [5, 5.41) is 0. The first-order chi connectivity index (χ1) is 13.9. The number of nitrogens with zero attached hydrogens (tertiary/aromatic N) is 1. The fourth-order valence-corrected chi connectivity index (χ4v) is 3.38. The van der Waals surface area contributed by atoms with E-state index in [1.54, 1.807) is 0 Å². The molecule has 0 N–H and O–H groups in total. The highest BCUT2D eigenvalue weighted by Crippen LogP contribution is 2.30. The lowest BCUT2D eigenvalue weighted by atomic mass is 10.1. The maximum atomic E-state index is 12.8. The van der Waals surface area contributed by atoms with E-state index in [1.807, 2.05) is 18.2 Å². The molecule has 2 aromatic carbocycles. The van der Waals surface area contributed by atoms with Crippen LogP contribution in [0.15, 0.2) is 70.1 Å². The van der Waals surface area contributed by atoms with E-state index in [0.29, 0.717) is 17.9 Å². The molecule has 1 aliphatic rings. The van der Waals surface area contributed by atoms with Gasteiger partial charge in [-0.3, -0.25) is 4.79 Å². The summed E-state index contributed by atoms with van der Waals surface area (Å²) in [5.74, 6) is 0.464. The van der Waals surface area contributed by atoms with Crippen LogP contribution in [0.2, 0.25) is 0 Å². The molecule has 0 atom stereocenters. The number of anilines is 1. The predicted molar refractivity (Wildman–Crippen MR) is 102 cm³/mol. The number of hydrogen-bond acceptors (Lipinski definition) is 4. The highest BCUT2D eigenvalue weighted by Gasteiger charge is 2.30. The molecule has 1 aromatic heterocycles. The van der Waals surface area contributed by atoms with Gasteiger partial charge in [0.1, 0.15) is 18.6 Å². The van der Waals surface area contributed by atoms with Crippen LogP contribution in [-0.4, -0.2) is 6.54 Å². The van der Waals surface area contributed by atoms with E-state index >= 15 is 0 Å². The number of fused-ring (bicyclic) bond motifs is 1. The zero-order valence-electron chi connectivity index (χ0n) is 15.4. The Morgan fingerprint density at radius 2 is 1.90 bits per heavy atom. The van der Waals surface area contributed by atoms with Crippen molar-refractivity contribution >= 4 is 5.69 Å². The molecule has 4 rings (SSSR count). The first-order valence-corrected chi connectivity index (χ1v) is 9.14. The smallest absolute Gasteiger partial charge is 0.416 e. The summed E-state index contributed by atoms with van der Waals surface area (Å²) in [4.78, 5) is 14.5. The fraction of sp³-hybridized carbons (Fsp3) is 0.227. The van der Waals surface area contributed by atoms with Crippen LogP contribution in [0.5, 0.6) is 5.75 Å². The third-order valence-corrected chi connectivity index (χ3v) is 4.83. The minimum Gasteiger partial charge on any atom is -0.482 e. The van der Waals surface area contributed by atoms with Crippen molar-refractivity contribution in [1.29, 1.82) is 0 Å². The normalized spacial score (nSPS) is 13.4. The Balaban J connectivity index is 1.43. The monoisotopic (exact) mass is 401 g/mol. The molecule has 29 heavy (non-hydrogen) atoms. The van der Waals surface area contributed by atoms with E-state index in [2.05, 4.69) is 11.0 Å². The summed E-state index contributed by atoms with van der Waals surface area (Å²) in [5.41, 5.74) is 1.57. The molecule has 2 heterocycles. The minimum atomic E-state index is -4.43. The fourth-order valence-electron chi connectivity index (χ4n) is 3.38. The average Bonchev–Trinajstić information content (AvgIpc) is 3.10. The van der Waals surface area contributed by atoms with Crippen molar-refractivity contribution in [2.75, 3.05) is 11.4 Å². The first-order valence-electron chi connectivity index (χ1n) is 9.14. The van der Waals surface area contributed by atoms with Crippen LogP contribution < -0.4 is 15.1 Å². The van der Waals surface area contributed by atoms with E-state index in [-0.39, 0.29) is 17.8 Å². The van der Waals surface area contributed by atoms with Crippen molar-refractivity contribution in [2.24, 2.45) is 0 Å². The van der Waals surface area contributed by atoms with Crippen molar-refractivity contribution in [3.63, 3.8) is 0 Å². The van der Waals surface area contributed by atoms with Gasteiger partial charge in [0.2, 0.25) is 11.2 Å². The number of ether oxygens (including phenoxy) is 1. The quantitative estimate of drug-likeness (QED) is 0.616. The summed E-state index contributed by atoms with van der Waals surface area (Å²) >= 11 is 0. The number of rotatable bonds is 5. The number of halogens is 3. The molecule has 7 heteroatoms. The van der Waals surface area contributed by atoms with Gasteiger partial charge in [0.25, 0.3) is 0 Å². The molecule has 0 bridgehead atoms. The maximum absolute atomic E-state index is 12.8. The van der Waals surface area contributed by atoms with Crippen molar-refractivity contribution in [3.8, 4) is 5.75 Å². The van der Waals surface area contributed by atoms with Gasteiger partial charge in [0, 0.05) is 18.3 Å². The molecule has 0 radical (unpaired) electrons. The van der Waals surface area contributed by atoms with Crippen LogP contribution in [0.1, 0.15) is 22.5 Å². The van der Waals surface area contributed by atoms with Gasteiger partial charge in [-0.2, -0.15) is 13.2 Å². The third kappa shape index (κ3) is 4.29. The minimum absolute atomic E-state index is 0.0343. The summed E-state index contributed by atoms with van der Waals surface area (Å²) in [7, 11) is 0. The molecular formula is C22H18F3NO3. The van der Waals surface area contributed by atoms with Gasteiger partial charge < -0.3 is 14.1 Å². The number of para-hydroxylation sites is 1. The van der Waals surface area contributed by atoms with Crippen LogP contribution in [0, 0.1) is 0 Å². The van der Waals surface area contributed by atoms with Gasteiger partial charge in [-0.15, -0.1) is 0 Å². The van der Waals surface area contributed by atoms with E-state index in [9.17, 15) is 18.0 Å². The van der Waals surface area contributed by atoms with E-state index in [4.69, 9.17) is 9.15 Å². The zero-order chi connectivity index (χ0) is 20.4. The second-order valence-corrected chi connectivity index (χ2v) is 6.86. The Kier molecular flexibility index (Phi) is 5.05. The molecule has 0 unspecified atom stereocenters. The third-order valence-electron chi connectivity index (χ3n) is 4.83. The van der Waals surface area contributed by atoms with Crippen molar-refractivity contribution in [2.45, 2.75) is 25.7 Å². The van der Waals surface area contributed by atoms with E-state index < -0.39 is 11.7 Å². The average molecular weight is 401 g/mol. The molecule has 0 saturated heterocycles. The summed E-state index contributed by atoms with van der Waals surface area (Å²) in [6.45, 7) is 1.14. The molecule has 0 spiro atoms. The van der Waals surface area contributed by atoms with Gasteiger partial charge >= 0.3 is 6.18 Å². The van der Waals surface area contributed by atoms with Gasteiger partial charge in [0.05, 0.1) is 12.1 Å². The Labute approximate surface area is 165 Å². The lowest BCUT2D eigenvalue weighted by Crippen LogP contribution is -2.20. The van der Waals surface area contributed by atoms with E-state index in [1.165, 1.54) is 30.0 Å². The Hall–Kier alpha value is -3.22. The largest absolute Gasteiger partial charge is 0.482 e. The summed E-state index contributed by atoms with van der Waals surface area (Å²) < 4.78 is 49.3. The molecule has 3 aromatic rings. The molecular weight excluding hydrogens is 383 g/mol. The van der Waals surface area contributed by atoms with Gasteiger partial charge in [-0.25, -0.2) is 0 Å². The molecule has 0 amide bonds. The molecule has 4 nitrogen and oxygen atoms in total. The second kappa shape index (κ2) is 7.66. The van der Waals surface area contributed by atoms with Gasteiger partial charge in [0.15, 0.2) is 0 Å². The molecule has 0 aliphatic carbocycles. The van der Waals surface area contributed by atoms with Crippen molar-refractivity contribution in [3.05, 3.63) is 93.5 Å². The van der Waals surface area contributed by atoms with Crippen molar-refractivity contribution < 1.29 is 22.3 Å². The highest BCUT2D eigenvalue weighted by molar-refractivity contribution is 5.57. The van der Waals surface area contributed by atoms with Gasteiger partial charge in [-0.1, -0.05) is 30.3 Å². The zero-order valence-corrected chi connectivity index (χ0v) is 15.4. The Morgan fingerprint density at radius 3 is 2.69 bits per heavy atom. The van der Waals surface area contributed by atoms with Crippen LogP contribution in [0.3, 0.4) is 0 Å². The van der Waals surface area contributed by atoms with Crippen LogP contribution in [-0.2, 0) is 25.7 Å². The SMILES string of the molecule is O=c1cc(CN2CCc3ccccc32)occ1OCc1cccc(C(F)(F)F)c1. The Bertz CT molecular complexity index is 1080. The molecule has 150 valence electrons. The molecule has 0 fully saturated rings. The van der Waals surface area contributed by atoms with Crippen LogP contribution in [0.25, 0.3) is 0 Å². The number of alkyl halides is 3. The molecule has 0 saturated carbocycles. The lowest BCUT2D eigenvalue weighted by Gasteiger charge is -2.18. The highest BCUT2D eigenvalue weighted by atomic mass is 19.4. The predicted octanol–water partition coefficient (Wildman–Crippen LogP) is 4.80. The second-order valence-electron chi connectivity index (χ2n) is 6.86. The van der Waals surface area contributed by atoms with E-state index in [0.717, 1.165) is 30.8 Å². The van der Waals surface area contributed by atoms with Crippen molar-refractivity contribution in [1.82, 2.24) is 0 Å².